The van der Waals surface area contributed by atoms with Crippen LogP contribution in [-0.4, -0.2) is 11.4 Å². The van der Waals surface area contributed by atoms with Gasteiger partial charge in [0.2, 0.25) is 0 Å². The molecule has 0 radical (unpaired) electrons. The van der Waals surface area contributed by atoms with Crippen LogP contribution in [0.1, 0.15) is 28.0 Å². The van der Waals surface area contributed by atoms with Gasteiger partial charge in [-0.25, -0.2) is 0 Å². The summed E-state index contributed by atoms with van der Waals surface area (Å²) in [6, 6.07) is 4.80. The lowest BCUT2D eigenvalue weighted by molar-refractivity contribution is 0.110. The van der Waals surface area contributed by atoms with Crippen LogP contribution in [0, 0.1) is 0 Å². The topological polar surface area (TPSA) is 63.6 Å². The number of furan rings is 2. The second-order valence-electron chi connectivity index (χ2n) is 2.82. The fourth-order valence-electron chi connectivity index (χ4n) is 1.18. The van der Waals surface area contributed by atoms with E-state index < -0.39 is 6.10 Å². The first-order chi connectivity index (χ1) is 6.81. The van der Waals surface area contributed by atoms with Crippen molar-refractivity contribution in [1.29, 1.82) is 0 Å². The van der Waals surface area contributed by atoms with Gasteiger partial charge in [-0.05, 0) is 18.2 Å². The molecule has 0 amide bonds. The molecule has 0 aliphatic rings. The van der Waals surface area contributed by atoms with Crippen LogP contribution in [0.3, 0.4) is 0 Å². The predicted molar refractivity (Wildman–Crippen MR) is 46.9 cm³/mol. The first-order valence-electron chi connectivity index (χ1n) is 4.06. The maximum Gasteiger partial charge on any atom is 0.185 e. The highest BCUT2D eigenvalue weighted by Crippen LogP contribution is 2.23. The lowest BCUT2D eigenvalue weighted by atomic mass is 10.1. The summed E-state index contributed by atoms with van der Waals surface area (Å²) in [6.45, 7) is 0. The Labute approximate surface area is 79.8 Å². The maximum atomic E-state index is 10.3. The zero-order valence-electron chi connectivity index (χ0n) is 7.21. The van der Waals surface area contributed by atoms with Gasteiger partial charge in [-0.15, -0.1) is 0 Å². The zero-order valence-corrected chi connectivity index (χ0v) is 7.21. The summed E-state index contributed by atoms with van der Waals surface area (Å²) < 4.78 is 9.88. The van der Waals surface area contributed by atoms with Crippen molar-refractivity contribution >= 4 is 6.29 Å². The Kier molecular flexibility index (Phi) is 2.20. The van der Waals surface area contributed by atoms with Gasteiger partial charge in [-0.1, -0.05) is 0 Å². The molecule has 0 aliphatic carbocycles. The maximum absolute atomic E-state index is 10.3. The van der Waals surface area contributed by atoms with E-state index in [-0.39, 0.29) is 5.76 Å². The van der Waals surface area contributed by atoms with Gasteiger partial charge in [0.25, 0.3) is 0 Å². The molecule has 14 heavy (non-hydrogen) atoms. The van der Waals surface area contributed by atoms with Gasteiger partial charge in [0.15, 0.2) is 12.0 Å². The van der Waals surface area contributed by atoms with Crippen LogP contribution in [0.15, 0.2) is 39.6 Å². The molecule has 0 saturated carbocycles. The molecule has 0 saturated heterocycles. The smallest absolute Gasteiger partial charge is 0.185 e. The SMILES string of the molecule is O=Cc1cc(C(O)c2ccco2)co1. The quantitative estimate of drug-likeness (QED) is 0.752. The van der Waals surface area contributed by atoms with Gasteiger partial charge in [0, 0.05) is 5.56 Å². The van der Waals surface area contributed by atoms with Crippen molar-refractivity contribution in [2.75, 3.05) is 0 Å². The molecule has 2 aromatic rings. The number of aliphatic hydroxyl groups excluding tert-OH is 1. The van der Waals surface area contributed by atoms with E-state index in [1.165, 1.54) is 18.6 Å². The molecule has 0 aliphatic heterocycles. The van der Waals surface area contributed by atoms with Crippen molar-refractivity contribution in [1.82, 2.24) is 0 Å². The van der Waals surface area contributed by atoms with Crippen molar-refractivity contribution in [3.63, 3.8) is 0 Å². The van der Waals surface area contributed by atoms with E-state index in [4.69, 9.17) is 8.83 Å². The third-order valence-electron chi connectivity index (χ3n) is 1.88. The molecule has 4 nitrogen and oxygen atoms in total. The Morgan fingerprint density at radius 1 is 1.43 bits per heavy atom. The number of hydrogen-bond acceptors (Lipinski definition) is 4. The highest BCUT2D eigenvalue weighted by atomic mass is 16.4. The summed E-state index contributed by atoms with van der Waals surface area (Å²) in [4.78, 5) is 10.3. The monoisotopic (exact) mass is 192 g/mol. The van der Waals surface area contributed by atoms with Gasteiger partial charge in [-0.2, -0.15) is 0 Å². The molecular formula is C10H8O4. The molecule has 0 spiro atoms. The summed E-state index contributed by atoms with van der Waals surface area (Å²) >= 11 is 0. The number of aldehydes is 1. The molecule has 0 fully saturated rings. The first-order valence-corrected chi connectivity index (χ1v) is 4.06. The van der Waals surface area contributed by atoms with Gasteiger partial charge < -0.3 is 13.9 Å². The molecule has 1 N–H and O–H groups in total. The summed E-state index contributed by atoms with van der Waals surface area (Å²) in [5.41, 5.74) is 0.502. The molecule has 72 valence electrons. The Bertz CT molecular complexity index is 413. The third-order valence-corrected chi connectivity index (χ3v) is 1.88. The molecule has 0 bridgehead atoms. The third kappa shape index (κ3) is 1.47. The van der Waals surface area contributed by atoms with Gasteiger partial charge in [0.1, 0.15) is 11.9 Å². The molecule has 1 unspecified atom stereocenters. The van der Waals surface area contributed by atoms with Gasteiger partial charge in [0.05, 0.1) is 12.5 Å². The Morgan fingerprint density at radius 2 is 2.29 bits per heavy atom. The standard InChI is InChI=1S/C10H8O4/c11-5-8-4-7(6-14-8)10(12)9-2-1-3-13-9/h1-6,10,12H. The molecule has 0 aromatic carbocycles. The number of carbonyl (C=O) groups excluding carboxylic acids is 1. The summed E-state index contributed by atoms with van der Waals surface area (Å²) in [7, 11) is 0. The molecule has 2 rings (SSSR count). The van der Waals surface area contributed by atoms with Crippen LogP contribution in [0.2, 0.25) is 0 Å². The minimum Gasteiger partial charge on any atom is -0.466 e. The van der Waals surface area contributed by atoms with Crippen LogP contribution >= 0.6 is 0 Å². The number of carbonyl (C=O) groups is 1. The molecule has 2 aromatic heterocycles. The fraction of sp³-hybridized carbons (Fsp3) is 0.100. The Morgan fingerprint density at radius 3 is 2.86 bits per heavy atom. The van der Waals surface area contributed by atoms with E-state index in [1.807, 2.05) is 0 Å². The van der Waals surface area contributed by atoms with E-state index in [0.717, 1.165) is 0 Å². The molecule has 4 heteroatoms. The summed E-state index contributed by atoms with van der Waals surface area (Å²) in [6.07, 6.45) is 2.50. The zero-order chi connectivity index (χ0) is 9.97. The average Bonchev–Trinajstić information content (AvgIpc) is 2.88. The lowest BCUT2D eigenvalue weighted by Gasteiger charge is -2.02. The second-order valence-corrected chi connectivity index (χ2v) is 2.82. The Hall–Kier alpha value is -1.81. The summed E-state index contributed by atoms with van der Waals surface area (Å²) in [5, 5.41) is 9.72. The fourth-order valence-corrected chi connectivity index (χ4v) is 1.18. The van der Waals surface area contributed by atoms with E-state index >= 15 is 0 Å². The van der Waals surface area contributed by atoms with E-state index in [0.29, 0.717) is 17.6 Å². The highest BCUT2D eigenvalue weighted by Gasteiger charge is 2.15. The highest BCUT2D eigenvalue weighted by molar-refractivity contribution is 5.70. The van der Waals surface area contributed by atoms with Crippen molar-refractivity contribution in [2.24, 2.45) is 0 Å². The van der Waals surface area contributed by atoms with E-state index in [2.05, 4.69) is 0 Å². The molecule has 2 heterocycles. The van der Waals surface area contributed by atoms with Gasteiger partial charge >= 0.3 is 0 Å². The van der Waals surface area contributed by atoms with Crippen LogP contribution in [0.25, 0.3) is 0 Å². The second kappa shape index (κ2) is 3.51. The minimum atomic E-state index is -0.887. The largest absolute Gasteiger partial charge is 0.466 e. The van der Waals surface area contributed by atoms with Gasteiger partial charge in [-0.3, -0.25) is 4.79 Å². The first kappa shape index (κ1) is 8.77. The van der Waals surface area contributed by atoms with Crippen LogP contribution in [0.5, 0.6) is 0 Å². The van der Waals surface area contributed by atoms with Crippen LogP contribution in [-0.2, 0) is 0 Å². The lowest BCUT2D eigenvalue weighted by Crippen LogP contribution is -1.95. The Balaban J connectivity index is 2.27. The van der Waals surface area contributed by atoms with Crippen LogP contribution in [0.4, 0.5) is 0 Å². The number of hydrogen-bond donors (Lipinski definition) is 1. The van der Waals surface area contributed by atoms with Crippen molar-refractivity contribution in [3.05, 3.63) is 47.8 Å². The normalized spacial score (nSPS) is 12.6. The van der Waals surface area contributed by atoms with Crippen molar-refractivity contribution in [3.8, 4) is 0 Å². The minimum absolute atomic E-state index is 0.186. The van der Waals surface area contributed by atoms with Crippen LogP contribution < -0.4 is 0 Å². The van der Waals surface area contributed by atoms with E-state index in [9.17, 15) is 9.90 Å². The average molecular weight is 192 g/mol. The summed E-state index contributed by atoms with van der Waals surface area (Å²) in [5.74, 6) is 0.605. The van der Waals surface area contributed by atoms with Crippen molar-refractivity contribution < 1.29 is 18.7 Å². The number of aliphatic hydroxyl groups is 1. The molecular weight excluding hydrogens is 184 g/mol. The number of rotatable bonds is 3. The van der Waals surface area contributed by atoms with E-state index in [1.54, 1.807) is 12.1 Å². The van der Waals surface area contributed by atoms with Crippen molar-refractivity contribution in [2.45, 2.75) is 6.10 Å². The predicted octanol–water partition coefficient (Wildman–Crippen LogP) is 1.77. The molecule has 1 atom stereocenters.